The number of aromatic nitrogens is 1. The molecule has 0 radical (unpaired) electrons. The van der Waals surface area contributed by atoms with E-state index in [4.69, 9.17) is 5.11 Å². The molecule has 2 N–H and O–H groups in total. The fourth-order valence-electron chi connectivity index (χ4n) is 2.07. The van der Waals surface area contributed by atoms with Gasteiger partial charge < -0.3 is 5.11 Å². The largest absolute Gasteiger partial charge is 0.480 e. The van der Waals surface area contributed by atoms with Crippen LogP contribution < -0.4 is 5.32 Å². The monoisotopic (exact) mass is 265 g/mol. The summed E-state index contributed by atoms with van der Waals surface area (Å²) >= 11 is 0. The first-order chi connectivity index (χ1) is 8.87. The Morgan fingerprint density at radius 3 is 2.68 bits per heavy atom. The standard InChI is InChI=1S/C12H15N3O4/c1-7-5-13-9(8(2)10(7)15(18)19)6-14-12(3-4-12)11(16)17/h5,14H,3-4,6H2,1-2H3,(H,16,17). The third-order valence-corrected chi connectivity index (χ3v) is 3.51. The highest BCUT2D eigenvalue weighted by Gasteiger charge is 2.50. The zero-order valence-corrected chi connectivity index (χ0v) is 10.8. The maximum atomic E-state index is 11.0. The molecule has 1 fully saturated rings. The molecule has 0 aliphatic heterocycles. The molecule has 0 atom stereocenters. The van der Waals surface area contributed by atoms with E-state index in [1.165, 1.54) is 6.20 Å². The molecule has 1 saturated carbocycles. The molecule has 102 valence electrons. The van der Waals surface area contributed by atoms with Crippen LogP contribution in [0.3, 0.4) is 0 Å². The molecule has 7 heteroatoms. The van der Waals surface area contributed by atoms with Gasteiger partial charge in [-0.1, -0.05) is 0 Å². The number of hydrogen-bond donors (Lipinski definition) is 2. The first-order valence-electron chi connectivity index (χ1n) is 5.95. The lowest BCUT2D eigenvalue weighted by Crippen LogP contribution is -2.38. The van der Waals surface area contributed by atoms with Crippen molar-refractivity contribution in [2.75, 3.05) is 0 Å². The van der Waals surface area contributed by atoms with Gasteiger partial charge in [0.05, 0.1) is 10.6 Å². The van der Waals surface area contributed by atoms with E-state index in [0.29, 0.717) is 29.7 Å². The number of nitrogens with zero attached hydrogens (tertiary/aromatic N) is 2. The van der Waals surface area contributed by atoms with Crippen LogP contribution in [0.1, 0.15) is 29.7 Å². The van der Waals surface area contributed by atoms with Crippen molar-refractivity contribution in [3.8, 4) is 0 Å². The predicted molar refractivity (Wildman–Crippen MR) is 66.8 cm³/mol. The van der Waals surface area contributed by atoms with E-state index >= 15 is 0 Å². The molecule has 0 bridgehead atoms. The Kier molecular flexibility index (Phi) is 3.23. The molecule has 1 heterocycles. The molecule has 0 amide bonds. The molecule has 0 spiro atoms. The van der Waals surface area contributed by atoms with E-state index in [1.807, 2.05) is 0 Å². The first kappa shape index (κ1) is 13.4. The maximum Gasteiger partial charge on any atom is 0.323 e. The Labute approximate surface area is 109 Å². The van der Waals surface area contributed by atoms with Gasteiger partial charge in [-0.05, 0) is 26.7 Å². The third-order valence-electron chi connectivity index (χ3n) is 3.51. The van der Waals surface area contributed by atoms with Gasteiger partial charge in [0.25, 0.3) is 5.69 Å². The summed E-state index contributed by atoms with van der Waals surface area (Å²) in [6.07, 6.45) is 2.60. The van der Waals surface area contributed by atoms with E-state index in [2.05, 4.69) is 10.3 Å². The fourth-order valence-corrected chi connectivity index (χ4v) is 2.07. The van der Waals surface area contributed by atoms with E-state index in [-0.39, 0.29) is 12.2 Å². The molecule has 1 aliphatic carbocycles. The van der Waals surface area contributed by atoms with Gasteiger partial charge in [-0.25, -0.2) is 0 Å². The Bertz CT molecular complexity index is 552. The van der Waals surface area contributed by atoms with E-state index in [9.17, 15) is 14.9 Å². The zero-order valence-electron chi connectivity index (χ0n) is 10.8. The highest BCUT2D eigenvalue weighted by atomic mass is 16.6. The van der Waals surface area contributed by atoms with Crippen LogP contribution in [-0.4, -0.2) is 26.5 Å². The van der Waals surface area contributed by atoms with E-state index in [1.54, 1.807) is 13.8 Å². The topological polar surface area (TPSA) is 105 Å². The summed E-state index contributed by atoms with van der Waals surface area (Å²) in [7, 11) is 0. The molecule has 1 aromatic rings. The summed E-state index contributed by atoms with van der Waals surface area (Å²) in [5.41, 5.74) is 0.689. The molecule has 1 aromatic heterocycles. The molecular formula is C12H15N3O4. The Balaban J connectivity index is 2.20. The van der Waals surface area contributed by atoms with Crippen LogP contribution in [0.2, 0.25) is 0 Å². The van der Waals surface area contributed by atoms with Crippen LogP contribution in [0.15, 0.2) is 6.20 Å². The summed E-state index contributed by atoms with van der Waals surface area (Å²) in [4.78, 5) is 25.7. The maximum absolute atomic E-state index is 11.0. The predicted octanol–water partition coefficient (Wildman–Crippen LogP) is 1.31. The van der Waals surface area contributed by atoms with Crippen molar-refractivity contribution in [1.82, 2.24) is 10.3 Å². The molecule has 7 nitrogen and oxygen atoms in total. The molecule has 0 aromatic carbocycles. The molecular weight excluding hydrogens is 250 g/mol. The van der Waals surface area contributed by atoms with Gasteiger partial charge in [-0.2, -0.15) is 0 Å². The summed E-state index contributed by atoms with van der Waals surface area (Å²) in [6, 6.07) is 0. The van der Waals surface area contributed by atoms with Gasteiger partial charge in [0.2, 0.25) is 0 Å². The van der Waals surface area contributed by atoms with Gasteiger partial charge >= 0.3 is 5.97 Å². The SMILES string of the molecule is Cc1cnc(CNC2(C(=O)O)CC2)c(C)c1[N+](=O)[O-]. The van der Waals surface area contributed by atoms with Gasteiger partial charge in [0.15, 0.2) is 0 Å². The average Bonchev–Trinajstić information content (AvgIpc) is 3.08. The van der Waals surface area contributed by atoms with Crippen molar-refractivity contribution < 1.29 is 14.8 Å². The van der Waals surface area contributed by atoms with Crippen molar-refractivity contribution in [2.45, 2.75) is 38.8 Å². The van der Waals surface area contributed by atoms with Crippen molar-refractivity contribution in [2.24, 2.45) is 0 Å². The number of aliphatic carboxylic acids is 1. The summed E-state index contributed by atoms with van der Waals surface area (Å²) in [5.74, 6) is -0.883. The van der Waals surface area contributed by atoms with Gasteiger partial charge in [-0.3, -0.25) is 25.2 Å². The first-order valence-corrected chi connectivity index (χ1v) is 5.95. The minimum absolute atomic E-state index is 0.0481. The van der Waals surface area contributed by atoms with Crippen molar-refractivity contribution in [3.63, 3.8) is 0 Å². The highest BCUT2D eigenvalue weighted by Crippen LogP contribution is 2.36. The highest BCUT2D eigenvalue weighted by molar-refractivity contribution is 5.82. The number of carbonyl (C=O) groups is 1. The number of carboxylic acid groups (broad SMARTS) is 1. The van der Waals surface area contributed by atoms with E-state index < -0.39 is 16.4 Å². The number of hydrogen-bond acceptors (Lipinski definition) is 5. The number of rotatable bonds is 5. The zero-order chi connectivity index (χ0) is 14.2. The number of nitro groups is 1. The quantitative estimate of drug-likeness (QED) is 0.614. The van der Waals surface area contributed by atoms with Gasteiger partial charge in [-0.15, -0.1) is 0 Å². The molecule has 0 saturated heterocycles. The fraction of sp³-hybridized carbons (Fsp3) is 0.500. The Morgan fingerprint density at radius 1 is 1.58 bits per heavy atom. The second kappa shape index (κ2) is 4.58. The lowest BCUT2D eigenvalue weighted by Gasteiger charge is -2.13. The summed E-state index contributed by atoms with van der Waals surface area (Å²) in [5, 5.41) is 23.0. The number of aryl methyl sites for hydroxylation is 1. The third kappa shape index (κ3) is 2.41. The molecule has 0 unspecified atom stereocenters. The minimum atomic E-state index is -0.883. The van der Waals surface area contributed by atoms with Crippen LogP contribution >= 0.6 is 0 Å². The van der Waals surface area contributed by atoms with Crippen LogP contribution in [0.25, 0.3) is 0 Å². The Morgan fingerprint density at radius 2 is 2.21 bits per heavy atom. The lowest BCUT2D eigenvalue weighted by molar-refractivity contribution is -0.386. The molecule has 2 rings (SSSR count). The lowest BCUT2D eigenvalue weighted by atomic mass is 10.1. The molecule has 1 aliphatic rings. The van der Waals surface area contributed by atoms with Crippen molar-refractivity contribution >= 4 is 11.7 Å². The second-order valence-corrected chi connectivity index (χ2v) is 4.86. The van der Waals surface area contributed by atoms with Gasteiger partial charge in [0, 0.05) is 23.9 Å². The van der Waals surface area contributed by atoms with E-state index in [0.717, 1.165) is 0 Å². The number of pyridine rings is 1. The van der Waals surface area contributed by atoms with Crippen molar-refractivity contribution in [3.05, 3.63) is 33.1 Å². The van der Waals surface area contributed by atoms with Crippen LogP contribution in [0.4, 0.5) is 5.69 Å². The van der Waals surface area contributed by atoms with Crippen LogP contribution in [0, 0.1) is 24.0 Å². The average molecular weight is 265 g/mol. The number of nitrogens with one attached hydrogen (secondary N) is 1. The van der Waals surface area contributed by atoms with Gasteiger partial charge in [0.1, 0.15) is 5.54 Å². The van der Waals surface area contributed by atoms with Crippen molar-refractivity contribution in [1.29, 1.82) is 0 Å². The second-order valence-electron chi connectivity index (χ2n) is 4.86. The van der Waals surface area contributed by atoms with Crippen LogP contribution in [-0.2, 0) is 11.3 Å². The smallest absolute Gasteiger partial charge is 0.323 e. The van der Waals surface area contributed by atoms with Crippen LogP contribution in [0.5, 0.6) is 0 Å². The number of carboxylic acids is 1. The minimum Gasteiger partial charge on any atom is -0.480 e. The molecule has 19 heavy (non-hydrogen) atoms. The normalized spacial score (nSPS) is 16.1. The Hall–Kier alpha value is -2.02. The summed E-state index contributed by atoms with van der Waals surface area (Å²) < 4.78 is 0. The summed E-state index contributed by atoms with van der Waals surface area (Å²) in [6.45, 7) is 3.49.